The van der Waals surface area contributed by atoms with Crippen molar-refractivity contribution < 1.29 is 5.11 Å². The summed E-state index contributed by atoms with van der Waals surface area (Å²) in [6.07, 6.45) is 9.14. The zero-order valence-corrected chi connectivity index (χ0v) is 10.3. The molecule has 0 saturated heterocycles. The Balaban J connectivity index is 1.70. The summed E-state index contributed by atoms with van der Waals surface area (Å²) in [6, 6.07) is 7.08. The van der Waals surface area contributed by atoms with Gasteiger partial charge in [-0.2, -0.15) is 0 Å². The van der Waals surface area contributed by atoms with Gasteiger partial charge in [-0.3, -0.25) is 0 Å². The molecule has 2 N–H and O–H groups in total. The molecule has 0 amide bonds. The summed E-state index contributed by atoms with van der Waals surface area (Å²) in [5.74, 6) is 0.405. The van der Waals surface area contributed by atoms with Gasteiger partial charge in [0.1, 0.15) is 5.75 Å². The molecular weight excluding hydrogens is 210 g/mol. The molecule has 2 aliphatic rings. The Morgan fingerprint density at radius 3 is 2.71 bits per heavy atom. The molecule has 1 atom stereocenters. The van der Waals surface area contributed by atoms with E-state index < -0.39 is 0 Å². The van der Waals surface area contributed by atoms with Gasteiger partial charge in [0.15, 0.2) is 0 Å². The Hall–Kier alpha value is -1.02. The highest BCUT2D eigenvalue weighted by atomic mass is 16.3. The van der Waals surface area contributed by atoms with Crippen molar-refractivity contribution in [2.45, 2.75) is 57.0 Å². The molecule has 17 heavy (non-hydrogen) atoms. The molecular formula is C15H21NO. The zero-order valence-electron chi connectivity index (χ0n) is 10.3. The fourth-order valence-electron chi connectivity index (χ4n) is 3.33. The van der Waals surface area contributed by atoms with E-state index in [0.29, 0.717) is 17.8 Å². The largest absolute Gasteiger partial charge is 0.508 e. The number of fused-ring (bicyclic) bond motifs is 1. The third-order valence-electron chi connectivity index (χ3n) is 4.25. The first-order chi connectivity index (χ1) is 8.33. The molecule has 2 heteroatoms. The summed E-state index contributed by atoms with van der Waals surface area (Å²) < 4.78 is 0. The van der Waals surface area contributed by atoms with Crippen molar-refractivity contribution in [3.8, 4) is 5.75 Å². The van der Waals surface area contributed by atoms with E-state index in [1.54, 1.807) is 0 Å². The second-order valence-corrected chi connectivity index (χ2v) is 5.48. The third-order valence-corrected chi connectivity index (χ3v) is 4.25. The van der Waals surface area contributed by atoms with Gasteiger partial charge in [-0.15, -0.1) is 0 Å². The van der Waals surface area contributed by atoms with E-state index in [1.165, 1.54) is 49.7 Å². The molecule has 1 unspecified atom stereocenters. The lowest BCUT2D eigenvalue weighted by Gasteiger charge is -2.27. The van der Waals surface area contributed by atoms with Gasteiger partial charge in [0.2, 0.25) is 0 Å². The Morgan fingerprint density at radius 1 is 1.06 bits per heavy atom. The van der Waals surface area contributed by atoms with Crippen molar-refractivity contribution in [3.63, 3.8) is 0 Å². The Labute approximate surface area is 103 Å². The van der Waals surface area contributed by atoms with Crippen LogP contribution in [0.2, 0.25) is 0 Å². The first-order valence-corrected chi connectivity index (χ1v) is 6.91. The SMILES string of the molecule is Oc1ccc2c(c1)CCC2NC1CCCCC1. The van der Waals surface area contributed by atoms with Crippen LogP contribution < -0.4 is 5.32 Å². The average molecular weight is 231 g/mol. The fraction of sp³-hybridized carbons (Fsp3) is 0.600. The number of phenols is 1. The smallest absolute Gasteiger partial charge is 0.115 e. The van der Waals surface area contributed by atoms with Crippen LogP contribution in [0.15, 0.2) is 18.2 Å². The number of hydrogen-bond acceptors (Lipinski definition) is 2. The predicted octanol–water partition coefficient (Wildman–Crippen LogP) is 3.30. The highest BCUT2D eigenvalue weighted by molar-refractivity contribution is 5.40. The van der Waals surface area contributed by atoms with Crippen molar-refractivity contribution in [2.75, 3.05) is 0 Å². The van der Waals surface area contributed by atoms with E-state index in [9.17, 15) is 5.11 Å². The molecule has 0 aromatic heterocycles. The lowest BCUT2D eigenvalue weighted by molar-refractivity contribution is 0.337. The van der Waals surface area contributed by atoms with Gasteiger partial charge in [0, 0.05) is 12.1 Å². The van der Waals surface area contributed by atoms with Crippen LogP contribution in [0.4, 0.5) is 0 Å². The topological polar surface area (TPSA) is 32.3 Å². The molecule has 0 aliphatic heterocycles. The van der Waals surface area contributed by atoms with Crippen LogP contribution in [0.25, 0.3) is 0 Å². The van der Waals surface area contributed by atoms with Gasteiger partial charge in [-0.05, 0) is 48.9 Å². The molecule has 0 radical (unpaired) electrons. The minimum atomic E-state index is 0.405. The first-order valence-electron chi connectivity index (χ1n) is 6.91. The summed E-state index contributed by atoms with van der Waals surface area (Å²) in [6.45, 7) is 0. The maximum absolute atomic E-state index is 9.48. The van der Waals surface area contributed by atoms with E-state index in [4.69, 9.17) is 0 Å². The number of phenolic OH excluding ortho intramolecular Hbond substituents is 1. The van der Waals surface area contributed by atoms with E-state index in [-0.39, 0.29) is 0 Å². The minimum Gasteiger partial charge on any atom is -0.508 e. The number of aryl methyl sites for hydroxylation is 1. The van der Waals surface area contributed by atoms with Crippen LogP contribution in [0.5, 0.6) is 5.75 Å². The lowest BCUT2D eigenvalue weighted by Crippen LogP contribution is -2.33. The number of aromatic hydroxyl groups is 1. The van der Waals surface area contributed by atoms with Crippen molar-refractivity contribution in [2.24, 2.45) is 0 Å². The number of benzene rings is 1. The van der Waals surface area contributed by atoms with Crippen molar-refractivity contribution in [1.29, 1.82) is 0 Å². The Morgan fingerprint density at radius 2 is 1.88 bits per heavy atom. The fourth-order valence-corrected chi connectivity index (χ4v) is 3.33. The van der Waals surface area contributed by atoms with Crippen LogP contribution >= 0.6 is 0 Å². The van der Waals surface area contributed by atoms with Crippen molar-refractivity contribution >= 4 is 0 Å². The zero-order chi connectivity index (χ0) is 11.7. The van der Waals surface area contributed by atoms with Crippen molar-refractivity contribution in [1.82, 2.24) is 5.32 Å². The maximum Gasteiger partial charge on any atom is 0.115 e. The standard InChI is InChI=1S/C15H21NO/c17-13-7-8-14-11(10-13)6-9-15(14)16-12-4-2-1-3-5-12/h7-8,10,12,15-17H,1-6,9H2. The second kappa shape index (κ2) is 4.69. The lowest BCUT2D eigenvalue weighted by atomic mass is 9.94. The monoisotopic (exact) mass is 231 g/mol. The molecule has 92 valence electrons. The molecule has 1 fully saturated rings. The molecule has 0 bridgehead atoms. The van der Waals surface area contributed by atoms with Crippen LogP contribution in [0, 0.1) is 0 Å². The van der Waals surface area contributed by atoms with Crippen molar-refractivity contribution in [3.05, 3.63) is 29.3 Å². The van der Waals surface area contributed by atoms with Crippen LogP contribution in [-0.4, -0.2) is 11.1 Å². The van der Waals surface area contributed by atoms with Gasteiger partial charge in [-0.25, -0.2) is 0 Å². The number of hydrogen-bond donors (Lipinski definition) is 2. The molecule has 2 aliphatic carbocycles. The molecule has 3 rings (SSSR count). The summed E-state index contributed by atoms with van der Waals surface area (Å²) in [5, 5.41) is 13.3. The first kappa shape index (κ1) is 11.1. The normalized spacial score (nSPS) is 24.8. The number of nitrogens with one attached hydrogen (secondary N) is 1. The third kappa shape index (κ3) is 2.32. The molecule has 1 aromatic carbocycles. The molecule has 1 aromatic rings. The molecule has 0 spiro atoms. The summed E-state index contributed by atoms with van der Waals surface area (Å²) in [7, 11) is 0. The van der Waals surface area contributed by atoms with Crippen LogP contribution in [-0.2, 0) is 6.42 Å². The molecule has 0 heterocycles. The van der Waals surface area contributed by atoms with Gasteiger partial charge < -0.3 is 10.4 Å². The van der Waals surface area contributed by atoms with Crippen LogP contribution in [0.3, 0.4) is 0 Å². The molecule has 1 saturated carbocycles. The maximum atomic E-state index is 9.48. The Kier molecular flexibility index (Phi) is 3.06. The van der Waals surface area contributed by atoms with Gasteiger partial charge in [0.25, 0.3) is 0 Å². The highest BCUT2D eigenvalue weighted by Gasteiger charge is 2.25. The van der Waals surface area contributed by atoms with Crippen LogP contribution in [0.1, 0.15) is 55.7 Å². The quantitative estimate of drug-likeness (QED) is 0.818. The minimum absolute atomic E-state index is 0.405. The Bertz CT molecular complexity index is 396. The second-order valence-electron chi connectivity index (χ2n) is 5.48. The summed E-state index contributed by atoms with van der Waals surface area (Å²) in [4.78, 5) is 0. The van der Waals surface area contributed by atoms with E-state index in [0.717, 1.165) is 6.42 Å². The van der Waals surface area contributed by atoms with E-state index in [1.807, 2.05) is 12.1 Å². The highest BCUT2D eigenvalue weighted by Crippen LogP contribution is 2.34. The van der Waals surface area contributed by atoms with E-state index in [2.05, 4.69) is 11.4 Å². The molecule has 2 nitrogen and oxygen atoms in total. The van der Waals surface area contributed by atoms with Gasteiger partial charge in [0.05, 0.1) is 0 Å². The average Bonchev–Trinajstić information content (AvgIpc) is 2.73. The van der Waals surface area contributed by atoms with Gasteiger partial charge >= 0.3 is 0 Å². The van der Waals surface area contributed by atoms with E-state index >= 15 is 0 Å². The summed E-state index contributed by atoms with van der Waals surface area (Å²) in [5.41, 5.74) is 2.74. The number of rotatable bonds is 2. The van der Waals surface area contributed by atoms with Gasteiger partial charge in [-0.1, -0.05) is 25.3 Å². The predicted molar refractivity (Wildman–Crippen MR) is 69.2 cm³/mol. The summed E-state index contributed by atoms with van der Waals surface area (Å²) >= 11 is 0.